The first-order chi connectivity index (χ1) is 15.2. The highest BCUT2D eigenvalue weighted by Gasteiger charge is 2.24. The number of nitrogens with zero attached hydrogens (tertiary/aromatic N) is 1. The molecule has 1 saturated heterocycles. The Morgan fingerprint density at radius 3 is 2.53 bits per heavy atom. The number of carbonyl (C=O) groups excluding carboxylic acids is 1. The molecule has 0 aliphatic carbocycles. The van der Waals surface area contributed by atoms with Crippen molar-refractivity contribution in [2.75, 3.05) is 31.5 Å². The van der Waals surface area contributed by atoms with Gasteiger partial charge in [-0.3, -0.25) is 9.69 Å². The van der Waals surface area contributed by atoms with Gasteiger partial charge in [0.25, 0.3) is 0 Å². The van der Waals surface area contributed by atoms with Crippen molar-refractivity contribution in [1.82, 2.24) is 9.62 Å². The summed E-state index contributed by atoms with van der Waals surface area (Å²) in [5.41, 5.74) is 4.13. The molecule has 2 N–H and O–H groups in total. The van der Waals surface area contributed by atoms with Crippen LogP contribution < -0.4 is 10.0 Å². The number of likely N-dealkylation sites (tertiary alicyclic amines) is 1. The van der Waals surface area contributed by atoms with Crippen molar-refractivity contribution in [1.29, 1.82) is 0 Å². The van der Waals surface area contributed by atoms with E-state index in [9.17, 15) is 13.2 Å². The predicted octanol–water partition coefficient (Wildman–Crippen LogP) is 4.06. The van der Waals surface area contributed by atoms with E-state index >= 15 is 0 Å². The number of hydrogen-bond donors (Lipinski definition) is 2. The van der Waals surface area contributed by atoms with E-state index in [1.54, 1.807) is 24.3 Å². The zero-order valence-corrected chi connectivity index (χ0v) is 20.3. The third-order valence-corrected chi connectivity index (χ3v) is 7.49. The molecule has 2 aromatic rings. The van der Waals surface area contributed by atoms with Crippen molar-refractivity contribution in [3.05, 3.63) is 59.2 Å². The minimum atomic E-state index is -3.52. The van der Waals surface area contributed by atoms with Gasteiger partial charge in [0.05, 0.1) is 11.4 Å². The van der Waals surface area contributed by atoms with Gasteiger partial charge in [0.2, 0.25) is 15.9 Å². The van der Waals surface area contributed by atoms with Crippen molar-refractivity contribution < 1.29 is 13.2 Å². The first-order valence-corrected chi connectivity index (χ1v) is 12.8. The van der Waals surface area contributed by atoms with Crippen LogP contribution in [0.2, 0.25) is 0 Å². The Balaban J connectivity index is 1.55. The van der Waals surface area contributed by atoms with Gasteiger partial charge in [0.15, 0.2) is 0 Å². The summed E-state index contributed by atoms with van der Waals surface area (Å²) in [5.74, 6) is 0.481. The quantitative estimate of drug-likeness (QED) is 0.627. The zero-order chi connectivity index (χ0) is 23.3. The van der Waals surface area contributed by atoms with Crippen molar-refractivity contribution in [2.45, 2.75) is 51.3 Å². The highest BCUT2D eigenvalue weighted by molar-refractivity contribution is 7.89. The third kappa shape index (κ3) is 6.40. The number of para-hydroxylation sites is 1. The second-order valence-electron chi connectivity index (χ2n) is 9.15. The fraction of sp³-hybridized carbons (Fsp3) is 0.480. The zero-order valence-electron chi connectivity index (χ0n) is 19.5. The Kier molecular flexibility index (Phi) is 8.09. The third-order valence-electron chi connectivity index (χ3n) is 6.06. The summed E-state index contributed by atoms with van der Waals surface area (Å²) in [6.07, 6.45) is 1.90. The molecule has 7 heteroatoms. The van der Waals surface area contributed by atoms with E-state index in [0.717, 1.165) is 41.8 Å². The smallest absolute Gasteiger partial charge is 0.240 e. The van der Waals surface area contributed by atoms with Gasteiger partial charge in [0.1, 0.15) is 0 Å². The van der Waals surface area contributed by atoms with Crippen molar-refractivity contribution in [3.63, 3.8) is 0 Å². The highest BCUT2D eigenvalue weighted by atomic mass is 32.2. The van der Waals surface area contributed by atoms with Crippen LogP contribution in [0.25, 0.3) is 0 Å². The fourth-order valence-corrected chi connectivity index (χ4v) is 5.33. The summed E-state index contributed by atoms with van der Waals surface area (Å²) in [4.78, 5) is 15.2. The van der Waals surface area contributed by atoms with Crippen LogP contribution in [-0.4, -0.2) is 45.4 Å². The first-order valence-electron chi connectivity index (χ1n) is 11.3. The molecule has 0 saturated carbocycles. The van der Waals surface area contributed by atoms with Crippen LogP contribution in [0.1, 0.15) is 49.3 Å². The molecule has 1 fully saturated rings. The molecule has 6 nitrogen and oxygen atoms in total. The van der Waals surface area contributed by atoms with E-state index in [4.69, 9.17) is 0 Å². The van der Waals surface area contributed by atoms with E-state index in [1.165, 1.54) is 0 Å². The summed E-state index contributed by atoms with van der Waals surface area (Å²) < 4.78 is 27.9. The number of hydrogen-bond acceptors (Lipinski definition) is 4. The number of benzene rings is 2. The second kappa shape index (κ2) is 10.6. The Morgan fingerprint density at radius 2 is 1.84 bits per heavy atom. The maximum Gasteiger partial charge on any atom is 0.240 e. The molecule has 3 rings (SSSR count). The largest absolute Gasteiger partial charge is 0.324 e. The molecule has 1 aliphatic heterocycles. The standard InChI is InChI=1S/C25H35N3O3S/c1-18(2)23-9-5-7-20(4)25(23)27-24(29)17-28-14-6-8-21(16-28)15-26-32(30,31)22-12-10-19(3)11-13-22/h5,7,9-13,18,21,26H,6,8,14-17H2,1-4H3,(H,27,29). The molecule has 1 amide bonds. The average Bonchev–Trinajstić information content (AvgIpc) is 2.74. The van der Waals surface area contributed by atoms with Crippen LogP contribution in [0.4, 0.5) is 5.69 Å². The molecule has 0 bridgehead atoms. The molecule has 0 aromatic heterocycles. The predicted molar refractivity (Wildman–Crippen MR) is 129 cm³/mol. The Bertz CT molecular complexity index is 1030. The van der Waals surface area contributed by atoms with Crippen molar-refractivity contribution in [3.8, 4) is 0 Å². The van der Waals surface area contributed by atoms with Gasteiger partial charge < -0.3 is 5.32 Å². The molecule has 0 radical (unpaired) electrons. The van der Waals surface area contributed by atoms with Gasteiger partial charge in [-0.05, 0) is 68.3 Å². The van der Waals surface area contributed by atoms with Crippen LogP contribution in [-0.2, 0) is 14.8 Å². The lowest BCUT2D eigenvalue weighted by molar-refractivity contribution is -0.117. The van der Waals surface area contributed by atoms with E-state index in [1.807, 2.05) is 26.0 Å². The maximum atomic E-state index is 12.8. The minimum absolute atomic E-state index is 0.0258. The first kappa shape index (κ1) is 24.4. The topological polar surface area (TPSA) is 78.5 Å². The minimum Gasteiger partial charge on any atom is -0.324 e. The summed E-state index contributed by atoms with van der Waals surface area (Å²) in [6, 6.07) is 13.0. The average molecular weight is 458 g/mol. The summed E-state index contributed by atoms with van der Waals surface area (Å²) >= 11 is 0. The Morgan fingerprint density at radius 1 is 1.12 bits per heavy atom. The number of piperidine rings is 1. The molecule has 32 heavy (non-hydrogen) atoms. The normalized spacial score (nSPS) is 17.5. The van der Waals surface area contributed by atoms with Gasteiger partial charge in [0, 0.05) is 18.8 Å². The van der Waals surface area contributed by atoms with Crippen LogP contribution >= 0.6 is 0 Å². The van der Waals surface area contributed by atoms with Crippen molar-refractivity contribution >= 4 is 21.6 Å². The van der Waals surface area contributed by atoms with E-state index in [0.29, 0.717) is 25.6 Å². The molecule has 2 aromatic carbocycles. The van der Waals surface area contributed by atoms with Gasteiger partial charge in [-0.15, -0.1) is 0 Å². The lowest BCUT2D eigenvalue weighted by Gasteiger charge is -2.32. The van der Waals surface area contributed by atoms with E-state index in [-0.39, 0.29) is 16.7 Å². The molecule has 1 heterocycles. The Labute approximate surface area is 192 Å². The molecule has 174 valence electrons. The summed E-state index contributed by atoms with van der Waals surface area (Å²) in [7, 11) is -3.52. The molecule has 1 atom stereocenters. The van der Waals surface area contributed by atoms with Crippen LogP contribution in [0, 0.1) is 19.8 Å². The monoisotopic (exact) mass is 457 g/mol. The Hall–Kier alpha value is -2.22. The van der Waals surface area contributed by atoms with Crippen LogP contribution in [0.15, 0.2) is 47.4 Å². The van der Waals surface area contributed by atoms with Gasteiger partial charge in [-0.25, -0.2) is 13.1 Å². The van der Waals surface area contributed by atoms with E-state index in [2.05, 4.69) is 34.9 Å². The number of amides is 1. The number of sulfonamides is 1. The van der Waals surface area contributed by atoms with Crippen LogP contribution in [0.5, 0.6) is 0 Å². The SMILES string of the molecule is Cc1ccc(S(=O)(=O)NCC2CCCN(CC(=O)Nc3c(C)cccc3C(C)C)C2)cc1. The number of aryl methyl sites for hydroxylation is 2. The lowest BCUT2D eigenvalue weighted by atomic mass is 9.97. The molecule has 0 spiro atoms. The van der Waals surface area contributed by atoms with Gasteiger partial charge in [-0.1, -0.05) is 49.7 Å². The van der Waals surface area contributed by atoms with E-state index < -0.39 is 10.0 Å². The second-order valence-corrected chi connectivity index (χ2v) is 10.9. The number of carbonyl (C=O) groups is 1. The summed E-state index contributed by atoms with van der Waals surface area (Å²) in [6.45, 7) is 10.4. The fourth-order valence-electron chi connectivity index (χ4n) is 4.21. The molecular weight excluding hydrogens is 422 g/mol. The van der Waals surface area contributed by atoms with Crippen molar-refractivity contribution in [2.24, 2.45) is 5.92 Å². The molecule has 1 unspecified atom stereocenters. The number of nitrogens with one attached hydrogen (secondary N) is 2. The van der Waals surface area contributed by atoms with Gasteiger partial charge in [-0.2, -0.15) is 0 Å². The maximum absolute atomic E-state index is 12.8. The number of anilines is 1. The summed E-state index contributed by atoms with van der Waals surface area (Å²) in [5, 5.41) is 3.11. The molecular formula is C25H35N3O3S. The highest BCUT2D eigenvalue weighted by Crippen LogP contribution is 2.27. The lowest BCUT2D eigenvalue weighted by Crippen LogP contribution is -2.44. The van der Waals surface area contributed by atoms with Gasteiger partial charge >= 0.3 is 0 Å². The van der Waals surface area contributed by atoms with Crippen LogP contribution in [0.3, 0.4) is 0 Å². The molecule has 1 aliphatic rings. The number of rotatable bonds is 8.